The summed E-state index contributed by atoms with van der Waals surface area (Å²) in [7, 11) is 0. The van der Waals surface area contributed by atoms with E-state index in [0.717, 1.165) is 115 Å². The third kappa shape index (κ3) is 11.5. The van der Waals surface area contributed by atoms with Crippen LogP contribution in [0, 0.1) is 11.8 Å². The molecule has 1 saturated carbocycles. The van der Waals surface area contributed by atoms with Crippen LogP contribution in [-0.2, 0) is 19.1 Å². The number of nitrogen functional groups attached to an aromatic ring is 1. The number of aliphatic hydroxyl groups is 1. The summed E-state index contributed by atoms with van der Waals surface area (Å²) in [5, 5.41) is 33.7. The van der Waals surface area contributed by atoms with Crippen LogP contribution in [0.2, 0.25) is 0 Å². The first-order valence-corrected chi connectivity index (χ1v) is 25.0. The van der Waals surface area contributed by atoms with Gasteiger partial charge in [-0.2, -0.15) is 0 Å². The highest BCUT2D eigenvalue weighted by atomic mass is 16.6. The molecule has 7 heterocycles. The molecule has 4 aliphatic heterocycles. The van der Waals surface area contributed by atoms with Crippen LogP contribution in [0.25, 0.3) is 11.3 Å². The standard InChI is InChI=1S/C51H70N10O8/c1-32(2)47(49(64)61-31-35(62)25-42(61)50(65)68-51(3,4)5)44-29-45(56-69-44)60-18-11-33(12-19-60)30-57-16-13-36(14-17-57)66-37-26-38(27-37)67-46-24-34(10-15-53-46)58-20-22-59(23-21-58)41-28-40(54-55-48(41)52)39-8-6-7-9-43(39)63/h6-10,15,24,28-29,32-33,35-38,42,47,62-63H,11-14,16-23,25-27,30-31H2,1-5H3,(H2,52,55)/t35-,37?,38?,42+,47-/m1/s1. The maximum Gasteiger partial charge on any atom is 0.329 e. The average molecular weight is 951 g/mol. The molecule has 0 unspecified atom stereocenters. The first-order chi connectivity index (χ1) is 33.1. The van der Waals surface area contributed by atoms with E-state index in [0.29, 0.717) is 34.6 Å². The molecule has 3 atom stereocenters. The van der Waals surface area contributed by atoms with E-state index in [-0.39, 0.29) is 48.9 Å². The van der Waals surface area contributed by atoms with Gasteiger partial charge in [0.05, 0.1) is 29.7 Å². The van der Waals surface area contributed by atoms with Crippen LogP contribution in [0.3, 0.4) is 0 Å². The minimum Gasteiger partial charge on any atom is -0.507 e. The molecule has 18 heteroatoms. The number of likely N-dealkylation sites (tertiary alicyclic amines) is 2. The SMILES string of the molecule is CC(C)[C@@H](C(=O)N1C[C@H](O)C[C@H]1C(=O)OC(C)(C)C)c1cc(N2CCC(CN3CCC(OC4CC(Oc5cc(N6CCN(c7cc(-c8ccccc8O)nnc7N)CC6)ccn5)C4)CC3)CC2)no1. The number of esters is 1. The highest BCUT2D eigenvalue weighted by Crippen LogP contribution is 2.37. The van der Waals surface area contributed by atoms with Crippen molar-refractivity contribution in [2.75, 3.05) is 85.9 Å². The molecule has 5 aliphatic rings. The van der Waals surface area contributed by atoms with E-state index < -0.39 is 29.6 Å². The van der Waals surface area contributed by atoms with E-state index in [1.807, 2.05) is 56.4 Å². The molecule has 0 spiro atoms. The van der Waals surface area contributed by atoms with Crippen molar-refractivity contribution in [3.8, 4) is 22.9 Å². The van der Waals surface area contributed by atoms with Gasteiger partial charge in [0, 0.05) is 114 Å². The summed E-state index contributed by atoms with van der Waals surface area (Å²) in [4.78, 5) is 42.4. The number of carbonyl (C=O) groups excluding carboxylic acids is 2. The number of phenolic OH excluding ortho intramolecular Hbond substituents is 1. The van der Waals surface area contributed by atoms with E-state index in [1.54, 1.807) is 32.9 Å². The number of β-amino-alcohol motifs (C(OH)–C–C–N with tert-alkyl or cyclic N) is 1. The highest BCUT2D eigenvalue weighted by Gasteiger charge is 2.45. The van der Waals surface area contributed by atoms with Crippen LogP contribution in [-0.4, -0.2) is 154 Å². The molecule has 1 aromatic carbocycles. The summed E-state index contributed by atoms with van der Waals surface area (Å²) < 4.78 is 24.4. The van der Waals surface area contributed by atoms with Gasteiger partial charge in [-0.1, -0.05) is 31.1 Å². The van der Waals surface area contributed by atoms with Gasteiger partial charge in [-0.15, -0.1) is 10.2 Å². The third-order valence-corrected chi connectivity index (χ3v) is 14.4. The molecule has 5 fully saturated rings. The van der Waals surface area contributed by atoms with Crippen LogP contribution in [0.5, 0.6) is 11.6 Å². The monoisotopic (exact) mass is 951 g/mol. The summed E-state index contributed by atoms with van der Waals surface area (Å²) >= 11 is 0. The van der Waals surface area contributed by atoms with Gasteiger partial charge in [0.15, 0.2) is 17.4 Å². The number of benzene rings is 1. The number of pyridine rings is 1. The van der Waals surface area contributed by atoms with Gasteiger partial charge in [0.25, 0.3) is 0 Å². The number of amides is 1. The van der Waals surface area contributed by atoms with Crippen LogP contribution >= 0.6 is 0 Å². The quantitative estimate of drug-likeness (QED) is 0.134. The van der Waals surface area contributed by atoms with Gasteiger partial charge < -0.3 is 59.2 Å². The van der Waals surface area contributed by atoms with E-state index in [4.69, 9.17) is 24.5 Å². The number of aromatic hydroxyl groups is 1. The Labute approximate surface area is 405 Å². The number of nitrogens with two attached hydrogens (primary N) is 1. The zero-order chi connectivity index (χ0) is 48.4. The van der Waals surface area contributed by atoms with Crippen molar-refractivity contribution < 1.29 is 38.5 Å². The van der Waals surface area contributed by atoms with Crippen LogP contribution in [0.1, 0.15) is 91.2 Å². The predicted molar refractivity (Wildman–Crippen MR) is 261 cm³/mol. The number of rotatable bonds is 14. The van der Waals surface area contributed by atoms with Crippen molar-refractivity contribution in [3.05, 3.63) is 60.5 Å². The minimum absolute atomic E-state index is 0.0785. The van der Waals surface area contributed by atoms with E-state index in [2.05, 4.69) is 39.9 Å². The molecule has 4 aromatic rings. The van der Waals surface area contributed by atoms with Crippen LogP contribution < -0.4 is 25.2 Å². The van der Waals surface area contributed by atoms with Gasteiger partial charge in [-0.3, -0.25) is 4.79 Å². The van der Waals surface area contributed by atoms with E-state index in [1.165, 1.54) is 4.90 Å². The number of aliphatic hydroxyl groups excluding tert-OH is 1. The number of aromatic nitrogens is 4. The lowest BCUT2D eigenvalue weighted by Gasteiger charge is -2.41. The normalized spacial score (nSPS) is 23.6. The Balaban J connectivity index is 0.674. The molecule has 18 nitrogen and oxygen atoms in total. The van der Waals surface area contributed by atoms with E-state index >= 15 is 0 Å². The molecule has 0 radical (unpaired) electrons. The molecular formula is C51H70N10O8. The highest BCUT2D eigenvalue weighted by molar-refractivity contribution is 5.89. The average Bonchev–Trinajstić information content (AvgIpc) is 3.96. The lowest BCUT2D eigenvalue weighted by atomic mass is 9.91. The van der Waals surface area contributed by atoms with Gasteiger partial charge in [-0.25, -0.2) is 9.78 Å². The lowest BCUT2D eigenvalue weighted by molar-refractivity contribution is -0.163. The maximum atomic E-state index is 14.0. The molecule has 4 saturated heterocycles. The topological polar surface area (TPSA) is 209 Å². The number of ether oxygens (including phenoxy) is 3. The van der Waals surface area contributed by atoms with Crippen molar-refractivity contribution in [1.29, 1.82) is 0 Å². The zero-order valence-electron chi connectivity index (χ0n) is 40.8. The third-order valence-electron chi connectivity index (χ3n) is 14.4. The van der Waals surface area contributed by atoms with Crippen molar-refractivity contribution in [2.45, 2.75) is 122 Å². The number of hydrogen-bond donors (Lipinski definition) is 3. The molecular weight excluding hydrogens is 881 g/mol. The summed E-state index contributed by atoms with van der Waals surface area (Å²) in [5.41, 5.74) is 8.67. The molecule has 1 amide bonds. The Kier molecular flexibility index (Phi) is 14.5. The first-order valence-electron chi connectivity index (χ1n) is 25.0. The summed E-state index contributed by atoms with van der Waals surface area (Å²) in [5.74, 6) is 1.46. The summed E-state index contributed by atoms with van der Waals surface area (Å²) in [6.45, 7) is 17.3. The molecule has 372 valence electrons. The van der Waals surface area contributed by atoms with Crippen molar-refractivity contribution in [3.63, 3.8) is 0 Å². The molecule has 0 bridgehead atoms. The first kappa shape index (κ1) is 48.3. The van der Waals surface area contributed by atoms with E-state index in [9.17, 15) is 19.8 Å². The number of carbonyl (C=O) groups is 2. The number of anilines is 4. The van der Waals surface area contributed by atoms with Gasteiger partial charge >= 0.3 is 5.97 Å². The second-order valence-corrected chi connectivity index (χ2v) is 21.0. The van der Waals surface area contributed by atoms with Gasteiger partial charge in [0.2, 0.25) is 11.8 Å². The van der Waals surface area contributed by atoms with Crippen molar-refractivity contribution in [1.82, 2.24) is 30.1 Å². The Bertz CT molecular complexity index is 2380. The van der Waals surface area contributed by atoms with Gasteiger partial charge in [-0.05, 0) is 82.6 Å². The smallest absolute Gasteiger partial charge is 0.329 e. The molecule has 3 aromatic heterocycles. The van der Waals surface area contributed by atoms with Crippen molar-refractivity contribution >= 4 is 34.9 Å². The number of para-hydroxylation sites is 1. The minimum atomic E-state index is -0.840. The Morgan fingerprint density at radius 1 is 0.855 bits per heavy atom. The Morgan fingerprint density at radius 2 is 1.58 bits per heavy atom. The van der Waals surface area contributed by atoms with Crippen molar-refractivity contribution in [2.24, 2.45) is 11.8 Å². The number of piperidine rings is 2. The van der Waals surface area contributed by atoms with Crippen LogP contribution in [0.4, 0.5) is 23.0 Å². The number of phenols is 1. The summed E-state index contributed by atoms with van der Waals surface area (Å²) in [6, 6.07) is 14.1. The molecule has 4 N–H and O–H groups in total. The predicted octanol–water partition coefficient (Wildman–Crippen LogP) is 5.49. The molecule has 1 aliphatic carbocycles. The number of piperazine rings is 1. The Hall–Kier alpha value is -5.72. The van der Waals surface area contributed by atoms with Crippen LogP contribution in [0.15, 0.2) is 59.3 Å². The number of hydrogen-bond acceptors (Lipinski definition) is 17. The second kappa shape index (κ2) is 20.7. The number of nitrogens with zero attached hydrogens (tertiary/aromatic N) is 9. The second-order valence-electron chi connectivity index (χ2n) is 21.0. The molecule has 9 rings (SSSR count). The lowest BCUT2D eigenvalue weighted by Crippen LogP contribution is -2.47. The molecule has 69 heavy (non-hydrogen) atoms. The largest absolute Gasteiger partial charge is 0.507 e. The Morgan fingerprint density at radius 3 is 2.29 bits per heavy atom. The fourth-order valence-corrected chi connectivity index (χ4v) is 10.6. The maximum absolute atomic E-state index is 14.0. The fraction of sp³-hybridized carbons (Fsp3) is 0.608. The summed E-state index contributed by atoms with van der Waals surface area (Å²) in [6.07, 6.45) is 7.65. The zero-order valence-corrected chi connectivity index (χ0v) is 40.8. The fourth-order valence-electron chi connectivity index (χ4n) is 10.6. The van der Waals surface area contributed by atoms with Gasteiger partial charge in [0.1, 0.15) is 29.4 Å².